The van der Waals surface area contributed by atoms with Crippen molar-refractivity contribution in [3.8, 4) is 5.75 Å². The summed E-state index contributed by atoms with van der Waals surface area (Å²) < 4.78 is 5.71. The van der Waals surface area contributed by atoms with Gasteiger partial charge in [0.05, 0.1) is 17.6 Å². The van der Waals surface area contributed by atoms with E-state index < -0.39 is 0 Å². The molecule has 0 bridgehead atoms. The highest BCUT2D eigenvalue weighted by Gasteiger charge is 2.14. The van der Waals surface area contributed by atoms with E-state index >= 15 is 0 Å². The van der Waals surface area contributed by atoms with Crippen LogP contribution in [-0.2, 0) is 0 Å². The van der Waals surface area contributed by atoms with E-state index in [-0.39, 0.29) is 10.6 Å². The molecule has 0 amide bonds. The second-order valence-electron chi connectivity index (χ2n) is 5.04. The molecule has 1 aromatic carbocycles. The third-order valence-corrected chi connectivity index (χ3v) is 3.62. The Bertz CT molecular complexity index is 442. The summed E-state index contributed by atoms with van der Waals surface area (Å²) in [6, 6.07) is 4.75. The topological polar surface area (TPSA) is 64.4 Å². The fourth-order valence-electron chi connectivity index (χ4n) is 2.36. The van der Waals surface area contributed by atoms with Crippen LogP contribution in [0.2, 0.25) is 0 Å². The highest BCUT2D eigenvalue weighted by atomic mass is 16.6. The van der Waals surface area contributed by atoms with Crippen LogP contribution in [0.5, 0.6) is 5.75 Å². The summed E-state index contributed by atoms with van der Waals surface area (Å²) in [5, 5.41) is 14.1. The Hall–Kier alpha value is -1.62. The van der Waals surface area contributed by atoms with Crippen molar-refractivity contribution in [3.63, 3.8) is 0 Å². The molecule has 1 N–H and O–H groups in total. The van der Waals surface area contributed by atoms with Gasteiger partial charge in [-0.2, -0.15) is 0 Å². The summed E-state index contributed by atoms with van der Waals surface area (Å²) in [6.45, 7) is 4.71. The van der Waals surface area contributed by atoms with Crippen LogP contribution >= 0.6 is 0 Å². The molecule has 2 rings (SSSR count). The van der Waals surface area contributed by atoms with Gasteiger partial charge in [-0.15, -0.1) is 0 Å². The zero-order valence-corrected chi connectivity index (χ0v) is 11.2. The maximum atomic E-state index is 10.7. The first kappa shape index (κ1) is 13.8. The van der Waals surface area contributed by atoms with E-state index in [0.717, 1.165) is 25.1 Å². The number of nitro groups is 1. The van der Waals surface area contributed by atoms with Crippen LogP contribution in [0.4, 0.5) is 5.69 Å². The summed E-state index contributed by atoms with van der Waals surface area (Å²) in [4.78, 5) is 10.3. The third-order valence-electron chi connectivity index (χ3n) is 3.62. The van der Waals surface area contributed by atoms with Crippen LogP contribution in [-0.4, -0.2) is 24.6 Å². The lowest BCUT2D eigenvalue weighted by Gasteiger charge is -2.22. The summed E-state index contributed by atoms with van der Waals surface area (Å²) >= 11 is 0. The van der Waals surface area contributed by atoms with E-state index in [9.17, 15) is 10.1 Å². The van der Waals surface area contributed by atoms with Crippen molar-refractivity contribution in [2.45, 2.75) is 26.2 Å². The van der Waals surface area contributed by atoms with Gasteiger partial charge in [-0.1, -0.05) is 0 Å². The number of aryl methyl sites for hydroxylation is 1. The van der Waals surface area contributed by atoms with Crippen LogP contribution in [0.25, 0.3) is 0 Å². The van der Waals surface area contributed by atoms with Crippen LogP contribution in [0.1, 0.15) is 24.8 Å². The summed E-state index contributed by atoms with van der Waals surface area (Å²) in [5.74, 6) is 1.34. The standard InChI is InChI=1S/C14H20N2O3/c1-11-2-3-13(16(17)18)10-14(11)19-9-6-12-4-7-15-8-5-12/h2-3,10,12,15H,4-9H2,1H3. The fourth-order valence-corrected chi connectivity index (χ4v) is 2.36. The highest BCUT2D eigenvalue weighted by Crippen LogP contribution is 2.25. The maximum absolute atomic E-state index is 10.7. The van der Waals surface area contributed by atoms with Gasteiger partial charge in [-0.05, 0) is 56.8 Å². The first-order valence-corrected chi connectivity index (χ1v) is 6.75. The molecule has 1 heterocycles. The van der Waals surface area contributed by atoms with E-state index in [4.69, 9.17) is 4.74 Å². The van der Waals surface area contributed by atoms with Crippen molar-refractivity contribution < 1.29 is 9.66 Å². The molecule has 1 fully saturated rings. The van der Waals surface area contributed by atoms with E-state index in [1.165, 1.54) is 25.0 Å². The lowest BCUT2D eigenvalue weighted by atomic mass is 9.95. The SMILES string of the molecule is Cc1ccc([N+](=O)[O-])cc1OCCC1CCNCC1. The van der Waals surface area contributed by atoms with E-state index in [1.54, 1.807) is 6.07 Å². The molecule has 0 radical (unpaired) electrons. The Balaban J connectivity index is 1.87. The molecular weight excluding hydrogens is 244 g/mol. The minimum atomic E-state index is -0.390. The Labute approximate surface area is 113 Å². The average Bonchev–Trinajstić information content (AvgIpc) is 2.42. The van der Waals surface area contributed by atoms with E-state index in [0.29, 0.717) is 18.3 Å². The van der Waals surface area contributed by atoms with Crippen molar-refractivity contribution in [2.75, 3.05) is 19.7 Å². The number of benzene rings is 1. The molecular formula is C14H20N2O3. The molecule has 19 heavy (non-hydrogen) atoms. The maximum Gasteiger partial charge on any atom is 0.273 e. The molecule has 0 spiro atoms. The summed E-state index contributed by atoms with van der Waals surface area (Å²) in [5.41, 5.74) is 1.03. The zero-order valence-electron chi connectivity index (χ0n) is 11.2. The van der Waals surface area contributed by atoms with Gasteiger partial charge >= 0.3 is 0 Å². The normalized spacial score (nSPS) is 16.3. The summed E-state index contributed by atoms with van der Waals surface area (Å²) in [6.07, 6.45) is 3.40. The Morgan fingerprint density at radius 1 is 1.42 bits per heavy atom. The van der Waals surface area contributed by atoms with Gasteiger partial charge < -0.3 is 10.1 Å². The molecule has 1 aromatic rings. The zero-order chi connectivity index (χ0) is 13.7. The molecule has 0 saturated carbocycles. The smallest absolute Gasteiger partial charge is 0.273 e. The monoisotopic (exact) mass is 264 g/mol. The largest absolute Gasteiger partial charge is 0.493 e. The number of hydrogen-bond acceptors (Lipinski definition) is 4. The van der Waals surface area contributed by atoms with Gasteiger partial charge in [0.25, 0.3) is 5.69 Å². The Morgan fingerprint density at radius 3 is 2.84 bits per heavy atom. The molecule has 5 heteroatoms. The van der Waals surface area contributed by atoms with Gasteiger partial charge in [0.1, 0.15) is 5.75 Å². The quantitative estimate of drug-likeness (QED) is 0.656. The second kappa shape index (κ2) is 6.52. The lowest BCUT2D eigenvalue weighted by Crippen LogP contribution is -2.28. The number of hydrogen-bond donors (Lipinski definition) is 1. The number of non-ortho nitro benzene ring substituents is 1. The van der Waals surface area contributed by atoms with Crippen LogP contribution in [0, 0.1) is 23.0 Å². The minimum absolute atomic E-state index is 0.0856. The number of nitrogens with one attached hydrogen (secondary N) is 1. The molecule has 1 saturated heterocycles. The minimum Gasteiger partial charge on any atom is -0.493 e. The summed E-state index contributed by atoms with van der Waals surface area (Å²) in [7, 11) is 0. The van der Waals surface area contributed by atoms with Gasteiger partial charge in [0.2, 0.25) is 0 Å². The van der Waals surface area contributed by atoms with Crippen molar-refractivity contribution >= 4 is 5.69 Å². The first-order valence-electron chi connectivity index (χ1n) is 6.75. The number of rotatable bonds is 5. The number of ether oxygens (including phenoxy) is 1. The van der Waals surface area contributed by atoms with Crippen LogP contribution < -0.4 is 10.1 Å². The Kier molecular flexibility index (Phi) is 4.74. The predicted octanol–water partition coefficient (Wildman–Crippen LogP) is 2.67. The molecule has 0 aliphatic carbocycles. The van der Waals surface area contributed by atoms with Gasteiger partial charge in [0.15, 0.2) is 0 Å². The van der Waals surface area contributed by atoms with Gasteiger partial charge in [0, 0.05) is 6.07 Å². The number of nitro benzene ring substituents is 1. The Morgan fingerprint density at radius 2 is 2.16 bits per heavy atom. The third kappa shape index (κ3) is 3.92. The average molecular weight is 264 g/mol. The molecule has 1 aliphatic rings. The molecule has 0 unspecified atom stereocenters. The number of piperidine rings is 1. The lowest BCUT2D eigenvalue weighted by molar-refractivity contribution is -0.384. The van der Waals surface area contributed by atoms with Crippen molar-refractivity contribution in [3.05, 3.63) is 33.9 Å². The predicted molar refractivity (Wildman–Crippen MR) is 73.5 cm³/mol. The van der Waals surface area contributed by atoms with Crippen LogP contribution in [0.15, 0.2) is 18.2 Å². The number of nitrogens with zero attached hydrogens (tertiary/aromatic N) is 1. The van der Waals surface area contributed by atoms with Gasteiger partial charge in [-0.25, -0.2) is 0 Å². The molecule has 5 nitrogen and oxygen atoms in total. The van der Waals surface area contributed by atoms with Crippen LogP contribution in [0.3, 0.4) is 0 Å². The molecule has 104 valence electrons. The van der Waals surface area contributed by atoms with Gasteiger partial charge in [-0.3, -0.25) is 10.1 Å². The second-order valence-corrected chi connectivity index (χ2v) is 5.04. The van der Waals surface area contributed by atoms with E-state index in [1.807, 2.05) is 6.92 Å². The molecule has 0 aromatic heterocycles. The van der Waals surface area contributed by atoms with Crippen molar-refractivity contribution in [2.24, 2.45) is 5.92 Å². The first-order chi connectivity index (χ1) is 9.16. The fraction of sp³-hybridized carbons (Fsp3) is 0.571. The molecule has 0 atom stereocenters. The van der Waals surface area contributed by atoms with Crippen molar-refractivity contribution in [1.29, 1.82) is 0 Å². The van der Waals surface area contributed by atoms with Crippen molar-refractivity contribution in [1.82, 2.24) is 5.32 Å². The molecule has 1 aliphatic heterocycles. The van der Waals surface area contributed by atoms with E-state index in [2.05, 4.69) is 5.32 Å². The highest BCUT2D eigenvalue weighted by molar-refractivity contribution is 5.43.